The van der Waals surface area contributed by atoms with Crippen LogP contribution in [0.4, 0.5) is 0 Å². The van der Waals surface area contributed by atoms with Crippen molar-refractivity contribution in [3.8, 4) is 0 Å². The first-order valence-electron chi connectivity index (χ1n) is 6.53. The number of hydrogen-bond acceptors (Lipinski definition) is 2. The summed E-state index contributed by atoms with van der Waals surface area (Å²) < 4.78 is 0. The fraction of sp³-hybridized carbons (Fsp3) is 0.714. The summed E-state index contributed by atoms with van der Waals surface area (Å²) in [5.41, 5.74) is 0. The van der Waals surface area contributed by atoms with E-state index >= 15 is 0 Å². The van der Waals surface area contributed by atoms with E-state index in [4.69, 9.17) is 4.84 Å². The Labute approximate surface area is 106 Å². The van der Waals surface area contributed by atoms with Crippen molar-refractivity contribution in [3.63, 3.8) is 0 Å². The van der Waals surface area contributed by atoms with E-state index in [9.17, 15) is 4.79 Å². The third-order valence-corrected chi connectivity index (χ3v) is 2.75. The van der Waals surface area contributed by atoms with Crippen LogP contribution in [-0.4, -0.2) is 24.6 Å². The molecule has 1 amide bonds. The van der Waals surface area contributed by atoms with Crippen LogP contribution in [0.5, 0.6) is 0 Å². The number of carbonyl (C=O) groups excluding carboxylic acids is 1. The largest absolute Gasteiger partial charge is 0.274 e. The van der Waals surface area contributed by atoms with E-state index in [1.807, 2.05) is 0 Å². The predicted octanol–water partition coefficient (Wildman–Crippen LogP) is 3.52. The van der Waals surface area contributed by atoms with Crippen LogP contribution in [0.15, 0.2) is 12.7 Å². The summed E-state index contributed by atoms with van der Waals surface area (Å²) >= 11 is 0. The first-order chi connectivity index (χ1) is 8.26. The first-order valence-corrected chi connectivity index (χ1v) is 6.53. The molecule has 0 atom stereocenters. The minimum Gasteiger partial charge on any atom is -0.274 e. The lowest BCUT2D eigenvalue weighted by atomic mass is 10.1. The molecule has 0 rings (SSSR count). The van der Waals surface area contributed by atoms with Crippen molar-refractivity contribution in [1.82, 2.24) is 5.06 Å². The molecule has 0 spiro atoms. The molecular weight excluding hydrogens is 214 g/mol. The molecule has 0 heterocycles. The normalized spacial score (nSPS) is 10.2. The molecular formula is C14H26NO2. The Morgan fingerprint density at radius 1 is 1.12 bits per heavy atom. The van der Waals surface area contributed by atoms with E-state index in [0.717, 1.165) is 19.3 Å². The zero-order valence-corrected chi connectivity index (χ0v) is 11.1. The van der Waals surface area contributed by atoms with Crippen molar-refractivity contribution in [2.45, 2.75) is 51.4 Å². The molecule has 0 fully saturated rings. The quantitative estimate of drug-likeness (QED) is 0.314. The lowest BCUT2D eigenvalue weighted by molar-refractivity contribution is -0.170. The minimum atomic E-state index is -0.164. The maximum atomic E-state index is 11.3. The molecule has 99 valence electrons. The Bertz CT molecular complexity index is 204. The molecule has 17 heavy (non-hydrogen) atoms. The van der Waals surface area contributed by atoms with Gasteiger partial charge in [-0.3, -0.25) is 9.63 Å². The van der Waals surface area contributed by atoms with Crippen molar-refractivity contribution in [2.24, 2.45) is 0 Å². The third kappa shape index (κ3) is 8.93. The molecule has 0 aromatic carbocycles. The lowest BCUT2D eigenvalue weighted by Gasteiger charge is -2.17. The van der Waals surface area contributed by atoms with Gasteiger partial charge in [-0.1, -0.05) is 58.4 Å². The average Bonchev–Trinajstić information content (AvgIpc) is 2.36. The van der Waals surface area contributed by atoms with E-state index in [-0.39, 0.29) is 5.91 Å². The molecule has 0 saturated heterocycles. The molecule has 0 bridgehead atoms. The van der Waals surface area contributed by atoms with Gasteiger partial charge in [0, 0.05) is 6.54 Å². The number of unbranched alkanes of at least 4 members (excludes halogenated alkanes) is 7. The topological polar surface area (TPSA) is 29.5 Å². The molecule has 0 saturated carbocycles. The molecule has 0 N–H and O–H groups in total. The van der Waals surface area contributed by atoms with E-state index in [1.54, 1.807) is 0 Å². The summed E-state index contributed by atoms with van der Waals surface area (Å²) in [5.74, 6) is -0.164. The van der Waals surface area contributed by atoms with Crippen LogP contribution in [0.1, 0.15) is 51.4 Å². The smallest absolute Gasteiger partial charge is 0.269 e. The van der Waals surface area contributed by atoms with Gasteiger partial charge in [-0.2, -0.15) is 0 Å². The van der Waals surface area contributed by atoms with Gasteiger partial charge in [0.25, 0.3) is 5.91 Å². The second kappa shape index (κ2) is 11.6. The molecule has 3 heteroatoms. The van der Waals surface area contributed by atoms with E-state index < -0.39 is 0 Å². The Kier molecular flexibility index (Phi) is 11.1. The number of hydrogen-bond donors (Lipinski definition) is 0. The van der Waals surface area contributed by atoms with Crippen LogP contribution in [0.2, 0.25) is 0 Å². The summed E-state index contributed by atoms with van der Waals surface area (Å²) in [6.45, 7) is 7.92. The van der Waals surface area contributed by atoms with Crippen molar-refractivity contribution in [3.05, 3.63) is 19.6 Å². The molecule has 1 radical (unpaired) electrons. The van der Waals surface area contributed by atoms with Gasteiger partial charge in [0.15, 0.2) is 0 Å². The SMILES string of the molecule is [CH2]CCCCCCCCCN(OC)C(=O)C=C. The van der Waals surface area contributed by atoms with Crippen LogP contribution in [-0.2, 0) is 9.63 Å². The number of rotatable bonds is 11. The van der Waals surface area contributed by atoms with Gasteiger partial charge in [0.05, 0.1) is 7.11 Å². The summed E-state index contributed by atoms with van der Waals surface area (Å²) in [5, 5.41) is 1.36. The van der Waals surface area contributed by atoms with Gasteiger partial charge in [0.2, 0.25) is 0 Å². The van der Waals surface area contributed by atoms with Crippen molar-refractivity contribution >= 4 is 5.91 Å². The second-order valence-electron chi connectivity index (χ2n) is 4.16. The first kappa shape index (κ1) is 16.2. The van der Waals surface area contributed by atoms with Gasteiger partial charge in [-0.15, -0.1) is 0 Å². The van der Waals surface area contributed by atoms with Crippen LogP contribution >= 0.6 is 0 Å². The molecule has 3 nitrogen and oxygen atoms in total. The molecule has 0 aliphatic rings. The molecule has 0 unspecified atom stereocenters. The minimum absolute atomic E-state index is 0.164. The zero-order chi connectivity index (χ0) is 12.9. The summed E-state index contributed by atoms with van der Waals surface area (Å²) in [6.07, 6.45) is 10.8. The highest BCUT2D eigenvalue weighted by molar-refractivity contribution is 5.86. The lowest BCUT2D eigenvalue weighted by Crippen LogP contribution is -2.29. The summed E-state index contributed by atoms with van der Waals surface area (Å²) in [4.78, 5) is 16.2. The zero-order valence-electron chi connectivity index (χ0n) is 11.1. The second-order valence-corrected chi connectivity index (χ2v) is 4.16. The van der Waals surface area contributed by atoms with E-state index in [1.165, 1.54) is 50.4 Å². The predicted molar refractivity (Wildman–Crippen MR) is 71.2 cm³/mol. The van der Waals surface area contributed by atoms with Gasteiger partial charge in [-0.25, -0.2) is 5.06 Å². The molecule has 0 aromatic rings. The van der Waals surface area contributed by atoms with Gasteiger partial charge in [-0.05, 0) is 12.5 Å². The van der Waals surface area contributed by atoms with Gasteiger partial charge in [0.1, 0.15) is 0 Å². The maximum Gasteiger partial charge on any atom is 0.269 e. The average molecular weight is 240 g/mol. The maximum absolute atomic E-state index is 11.3. The number of carbonyl (C=O) groups is 1. The van der Waals surface area contributed by atoms with Gasteiger partial charge >= 0.3 is 0 Å². The Balaban J connectivity index is 3.37. The Hall–Kier alpha value is -0.830. The number of nitrogens with zero attached hydrogens (tertiary/aromatic N) is 1. The highest BCUT2D eigenvalue weighted by Crippen LogP contribution is 2.08. The molecule has 0 aromatic heterocycles. The number of amides is 1. The van der Waals surface area contributed by atoms with Crippen LogP contribution < -0.4 is 0 Å². The van der Waals surface area contributed by atoms with Gasteiger partial charge < -0.3 is 0 Å². The fourth-order valence-corrected chi connectivity index (χ4v) is 1.71. The van der Waals surface area contributed by atoms with E-state index in [2.05, 4.69) is 13.5 Å². The third-order valence-electron chi connectivity index (χ3n) is 2.75. The Morgan fingerprint density at radius 2 is 1.65 bits per heavy atom. The standard InChI is InChI=1S/C14H26NO2/c1-4-6-7-8-9-10-11-12-13-15(17-3)14(16)5-2/h5H,1-2,4,6-13H2,3H3. The molecule has 0 aliphatic carbocycles. The highest BCUT2D eigenvalue weighted by Gasteiger charge is 2.07. The number of hydroxylamine groups is 2. The van der Waals surface area contributed by atoms with Crippen LogP contribution in [0.3, 0.4) is 0 Å². The summed E-state index contributed by atoms with van der Waals surface area (Å²) in [7, 11) is 1.51. The summed E-state index contributed by atoms with van der Waals surface area (Å²) in [6, 6.07) is 0. The van der Waals surface area contributed by atoms with Crippen molar-refractivity contribution in [1.29, 1.82) is 0 Å². The van der Waals surface area contributed by atoms with Crippen LogP contribution in [0.25, 0.3) is 0 Å². The molecule has 0 aliphatic heterocycles. The monoisotopic (exact) mass is 240 g/mol. The fourth-order valence-electron chi connectivity index (χ4n) is 1.71. The Morgan fingerprint density at radius 3 is 2.12 bits per heavy atom. The van der Waals surface area contributed by atoms with Crippen molar-refractivity contribution < 1.29 is 9.63 Å². The highest BCUT2D eigenvalue weighted by atomic mass is 16.7. The van der Waals surface area contributed by atoms with Crippen molar-refractivity contribution in [2.75, 3.05) is 13.7 Å². The van der Waals surface area contributed by atoms with E-state index in [0.29, 0.717) is 6.54 Å². The van der Waals surface area contributed by atoms with Crippen LogP contribution in [0, 0.1) is 6.92 Å².